The quantitative estimate of drug-likeness (QED) is 0.182. The molecule has 178 valence electrons. The Balaban J connectivity index is 0.00000137. The molecule has 0 aliphatic carbocycles. The van der Waals surface area contributed by atoms with Crippen molar-refractivity contribution in [2.24, 2.45) is 9.98 Å². The van der Waals surface area contributed by atoms with E-state index in [2.05, 4.69) is 24.8 Å². The van der Waals surface area contributed by atoms with Gasteiger partial charge in [-0.25, -0.2) is 4.98 Å². The van der Waals surface area contributed by atoms with Crippen LogP contribution in [0.5, 0.6) is 11.5 Å². The Kier molecular flexibility index (Phi) is 9.82. The second-order valence-corrected chi connectivity index (χ2v) is 9.97. The van der Waals surface area contributed by atoms with Crippen molar-refractivity contribution in [2.75, 3.05) is 0 Å². The van der Waals surface area contributed by atoms with Gasteiger partial charge in [-0.2, -0.15) is 0 Å². The molecule has 0 aliphatic heterocycles. The van der Waals surface area contributed by atoms with Crippen LogP contribution in [0.4, 0.5) is 22.7 Å². The first-order valence-corrected chi connectivity index (χ1v) is 15.9. The van der Waals surface area contributed by atoms with Crippen LogP contribution >= 0.6 is 0 Å². The van der Waals surface area contributed by atoms with Crippen LogP contribution < -0.4 is 10.2 Å². The molecule has 11 nitrogen and oxygen atoms in total. The zero-order chi connectivity index (χ0) is 26.1. The number of aliphatic imine (C=N–C) groups is 2. The SMILES string of the molecule is CC(=Nc1cc([N+](=O)[O-])ccc1[O-])c1cccc(C(C)=Nc2cc([N+](=O)[O-])ccc2[O-])n1.[CH3][Sn+2][CH3]. The van der Waals surface area contributed by atoms with Crippen molar-refractivity contribution in [3.63, 3.8) is 0 Å². The van der Waals surface area contributed by atoms with Gasteiger partial charge in [-0.05, 0) is 26.0 Å². The fourth-order valence-corrected chi connectivity index (χ4v) is 2.73. The van der Waals surface area contributed by atoms with Crippen LogP contribution in [0, 0.1) is 20.2 Å². The number of pyridine rings is 1. The number of aromatic nitrogens is 1. The summed E-state index contributed by atoms with van der Waals surface area (Å²) in [5.41, 5.74) is 0.712. The van der Waals surface area contributed by atoms with Gasteiger partial charge < -0.3 is 10.2 Å². The third-order valence-corrected chi connectivity index (χ3v) is 4.37. The standard InChI is InChI=1S/C21H17N5O6.2CH3.Sn/c1-12(22-18-10-14(25(29)30)6-8-20(18)27)16-4-3-5-17(24-16)13(2)23-19-11-15(26(31)32)7-9-21(19)28;;;/h3-11,27-28H,1-2H3;2*1H3;/q;;;+2/p-2. The van der Waals surface area contributed by atoms with Crippen LogP contribution in [0.15, 0.2) is 64.6 Å². The molecule has 0 saturated carbocycles. The Morgan fingerprint density at radius 1 is 0.771 bits per heavy atom. The summed E-state index contributed by atoms with van der Waals surface area (Å²) in [6.07, 6.45) is 0. The van der Waals surface area contributed by atoms with Gasteiger partial charge in [-0.15, -0.1) is 0 Å². The second kappa shape index (κ2) is 12.6. The molecule has 1 aromatic heterocycles. The van der Waals surface area contributed by atoms with Crippen molar-refractivity contribution in [2.45, 2.75) is 23.7 Å². The minimum atomic E-state index is -0.620. The molecule has 0 aliphatic rings. The van der Waals surface area contributed by atoms with Gasteiger partial charge in [0.25, 0.3) is 11.4 Å². The Bertz CT molecular complexity index is 1210. The van der Waals surface area contributed by atoms with E-state index in [1.807, 2.05) is 0 Å². The van der Waals surface area contributed by atoms with Crippen molar-refractivity contribution in [1.82, 2.24) is 4.98 Å². The molecule has 35 heavy (non-hydrogen) atoms. The van der Waals surface area contributed by atoms with E-state index in [-0.39, 0.29) is 43.9 Å². The number of nitro groups is 2. The summed E-state index contributed by atoms with van der Waals surface area (Å²) in [6, 6.07) is 11.4. The molecule has 0 bridgehead atoms. The third kappa shape index (κ3) is 7.57. The van der Waals surface area contributed by atoms with Crippen LogP contribution in [-0.2, 0) is 0 Å². The van der Waals surface area contributed by atoms with E-state index >= 15 is 0 Å². The summed E-state index contributed by atoms with van der Waals surface area (Å²) in [6.45, 7) is 3.18. The van der Waals surface area contributed by atoms with Crippen LogP contribution in [-0.4, -0.2) is 47.4 Å². The van der Waals surface area contributed by atoms with Gasteiger partial charge in [-0.1, -0.05) is 29.7 Å². The van der Waals surface area contributed by atoms with Crippen molar-refractivity contribution < 1.29 is 20.1 Å². The van der Waals surface area contributed by atoms with Crippen molar-refractivity contribution >= 4 is 55.3 Å². The molecular weight excluding hydrogens is 561 g/mol. The first kappa shape index (κ1) is 27.4. The first-order valence-electron chi connectivity index (χ1n) is 10.1. The molecular formula is C23H21N5O6Sn. The first-order chi connectivity index (χ1) is 16.6. The van der Waals surface area contributed by atoms with E-state index in [0.717, 1.165) is 36.4 Å². The maximum atomic E-state index is 12.0. The van der Waals surface area contributed by atoms with Crippen LogP contribution in [0.25, 0.3) is 0 Å². The van der Waals surface area contributed by atoms with Gasteiger partial charge in [0.2, 0.25) is 0 Å². The summed E-state index contributed by atoms with van der Waals surface area (Å²) in [5.74, 6) is -0.949. The molecule has 3 aromatic rings. The summed E-state index contributed by atoms with van der Waals surface area (Å²) >= 11 is 0.230. The van der Waals surface area contributed by atoms with Crippen molar-refractivity contribution in [3.8, 4) is 11.5 Å². The minimum absolute atomic E-state index is 0.0955. The zero-order valence-electron chi connectivity index (χ0n) is 19.4. The molecule has 1 heterocycles. The van der Waals surface area contributed by atoms with Gasteiger partial charge in [-0.3, -0.25) is 30.2 Å². The number of nitro benzene ring substituents is 2. The van der Waals surface area contributed by atoms with Crippen LogP contribution in [0.3, 0.4) is 0 Å². The van der Waals surface area contributed by atoms with E-state index in [4.69, 9.17) is 0 Å². The molecule has 0 saturated heterocycles. The van der Waals surface area contributed by atoms with E-state index < -0.39 is 21.3 Å². The third-order valence-electron chi connectivity index (χ3n) is 4.37. The monoisotopic (exact) mass is 583 g/mol. The fourth-order valence-electron chi connectivity index (χ4n) is 2.73. The summed E-state index contributed by atoms with van der Waals surface area (Å²) in [4.78, 5) is 38.0. The van der Waals surface area contributed by atoms with Crippen LogP contribution in [0.2, 0.25) is 9.88 Å². The number of benzene rings is 2. The Labute approximate surface area is 211 Å². The number of hydrogen-bond acceptors (Lipinski definition) is 9. The molecule has 0 atom stereocenters. The fraction of sp³-hybridized carbons (Fsp3) is 0.174. The predicted molar refractivity (Wildman–Crippen MR) is 131 cm³/mol. The van der Waals surface area contributed by atoms with Crippen LogP contribution in [0.1, 0.15) is 25.2 Å². The number of nitrogens with zero attached hydrogens (tertiary/aromatic N) is 5. The topological polar surface area (TPSA) is 170 Å². The Morgan fingerprint density at radius 2 is 1.14 bits per heavy atom. The van der Waals surface area contributed by atoms with Gasteiger partial charge in [0.05, 0.1) is 44.0 Å². The molecule has 12 heteroatoms. The van der Waals surface area contributed by atoms with Crippen molar-refractivity contribution in [3.05, 3.63) is 86.2 Å². The summed E-state index contributed by atoms with van der Waals surface area (Å²) in [5, 5.41) is 45.9. The van der Waals surface area contributed by atoms with Gasteiger partial charge in [0.15, 0.2) is 0 Å². The molecule has 0 spiro atoms. The van der Waals surface area contributed by atoms with Gasteiger partial charge in [0.1, 0.15) is 0 Å². The normalized spacial score (nSPS) is 11.2. The molecule has 0 N–H and O–H groups in total. The Hall–Kier alpha value is -3.87. The van der Waals surface area contributed by atoms with E-state index in [1.165, 1.54) is 0 Å². The number of hydrogen-bond donors (Lipinski definition) is 0. The average Bonchev–Trinajstić information content (AvgIpc) is 2.82. The predicted octanol–water partition coefficient (Wildman–Crippen LogP) is 4.11. The molecule has 2 aromatic carbocycles. The molecule has 0 unspecified atom stereocenters. The molecule has 0 fully saturated rings. The average molecular weight is 582 g/mol. The maximum absolute atomic E-state index is 12.0. The van der Waals surface area contributed by atoms with E-state index in [9.17, 15) is 30.4 Å². The summed E-state index contributed by atoms with van der Waals surface area (Å²) in [7, 11) is 0. The van der Waals surface area contributed by atoms with Gasteiger partial charge in [0, 0.05) is 24.3 Å². The number of non-ortho nitro benzene ring substituents is 2. The molecule has 0 amide bonds. The second-order valence-electron chi connectivity index (χ2n) is 7.12. The number of rotatable bonds is 6. The van der Waals surface area contributed by atoms with E-state index in [0.29, 0.717) is 22.8 Å². The van der Waals surface area contributed by atoms with Crippen molar-refractivity contribution in [1.29, 1.82) is 0 Å². The summed E-state index contributed by atoms with van der Waals surface area (Å²) < 4.78 is 0. The zero-order valence-corrected chi connectivity index (χ0v) is 22.2. The van der Waals surface area contributed by atoms with Gasteiger partial charge >= 0.3 is 31.0 Å². The molecule has 0 radical (unpaired) electrons. The van der Waals surface area contributed by atoms with E-state index in [1.54, 1.807) is 32.0 Å². The molecule has 3 rings (SSSR count). The Morgan fingerprint density at radius 3 is 1.49 bits per heavy atom.